The standard InChI is InChI=1S/C26H43NO4/c1-16(4-9-23(29)27-15-24(30)31)20-7-8-21-19-6-5-17-14-18(28)10-12-25(17,2)22(19)11-13-26(20,21)3/h16-22,28H,4-15H2,1-3H3,(H,27,29)(H,30,31)/t16?,17-,18-,19?,20?,21+,22-,25+,26-/m1/s1. The van der Waals surface area contributed by atoms with Gasteiger partial charge < -0.3 is 15.5 Å². The Kier molecular flexibility index (Phi) is 6.46. The number of aliphatic hydroxyl groups is 1. The largest absolute Gasteiger partial charge is 0.480 e. The lowest BCUT2D eigenvalue weighted by Gasteiger charge is -2.61. The summed E-state index contributed by atoms with van der Waals surface area (Å²) in [6.07, 6.45) is 12.3. The fourth-order valence-electron chi connectivity index (χ4n) is 9.03. The van der Waals surface area contributed by atoms with Crippen molar-refractivity contribution in [3.05, 3.63) is 0 Å². The van der Waals surface area contributed by atoms with Crippen LogP contribution < -0.4 is 5.32 Å². The molecule has 4 fully saturated rings. The molecular formula is C26H43NO4. The molecule has 0 bridgehead atoms. The highest BCUT2D eigenvalue weighted by molar-refractivity contribution is 5.81. The average molecular weight is 434 g/mol. The van der Waals surface area contributed by atoms with Gasteiger partial charge >= 0.3 is 5.97 Å². The fourth-order valence-corrected chi connectivity index (χ4v) is 9.03. The van der Waals surface area contributed by atoms with Gasteiger partial charge in [0, 0.05) is 6.42 Å². The van der Waals surface area contributed by atoms with E-state index < -0.39 is 5.97 Å². The van der Waals surface area contributed by atoms with E-state index in [0.29, 0.717) is 35.0 Å². The van der Waals surface area contributed by atoms with Gasteiger partial charge in [-0.25, -0.2) is 0 Å². The minimum Gasteiger partial charge on any atom is -0.480 e. The third-order valence-corrected chi connectivity index (χ3v) is 10.7. The van der Waals surface area contributed by atoms with Gasteiger partial charge in [-0.05, 0) is 111 Å². The van der Waals surface area contributed by atoms with Crippen molar-refractivity contribution in [2.45, 2.75) is 97.5 Å². The third kappa shape index (κ3) is 4.16. The van der Waals surface area contributed by atoms with E-state index in [2.05, 4.69) is 26.1 Å². The molecule has 0 heterocycles. The number of amides is 1. The van der Waals surface area contributed by atoms with Gasteiger partial charge in [-0.3, -0.25) is 9.59 Å². The number of carbonyl (C=O) groups is 2. The zero-order valence-corrected chi connectivity index (χ0v) is 19.7. The second-order valence-corrected chi connectivity index (χ2v) is 12.0. The van der Waals surface area contributed by atoms with E-state index in [1.165, 1.54) is 44.9 Å². The number of fused-ring (bicyclic) bond motifs is 5. The molecule has 4 aliphatic rings. The molecule has 0 radical (unpaired) electrons. The molecule has 1 amide bonds. The molecule has 9 atom stereocenters. The highest BCUT2D eigenvalue weighted by Crippen LogP contribution is 2.68. The molecule has 4 saturated carbocycles. The summed E-state index contributed by atoms with van der Waals surface area (Å²) in [5.41, 5.74) is 0.810. The Bertz CT molecular complexity index is 695. The molecule has 3 N–H and O–H groups in total. The minimum atomic E-state index is -0.986. The lowest BCUT2D eigenvalue weighted by molar-refractivity contribution is -0.138. The van der Waals surface area contributed by atoms with Crippen LogP contribution in [0.15, 0.2) is 0 Å². The van der Waals surface area contributed by atoms with Crippen LogP contribution in [0.25, 0.3) is 0 Å². The van der Waals surface area contributed by atoms with Crippen LogP contribution in [0.5, 0.6) is 0 Å². The number of aliphatic carboxylic acids is 1. The Morgan fingerprint density at radius 1 is 1.00 bits per heavy atom. The smallest absolute Gasteiger partial charge is 0.322 e. The summed E-state index contributed by atoms with van der Waals surface area (Å²) in [6, 6.07) is 0. The van der Waals surface area contributed by atoms with Crippen LogP contribution in [-0.4, -0.2) is 34.7 Å². The van der Waals surface area contributed by atoms with Crippen molar-refractivity contribution in [1.29, 1.82) is 0 Å². The lowest BCUT2D eigenvalue weighted by atomic mass is 9.44. The quantitative estimate of drug-likeness (QED) is 0.570. The minimum absolute atomic E-state index is 0.0760. The number of carboxylic acids is 1. The fraction of sp³-hybridized carbons (Fsp3) is 0.923. The molecule has 0 aliphatic heterocycles. The summed E-state index contributed by atoms with van der Waals surface area (Å²) in [7, 11) is 0. The normalized spacial score (nSPS) is 45.2. The molecule has 3 unspecified atom stereocenters. The molecule has 0 aromatic heterocycles. The number of carboxylic acid groups (broad SMARTS) is 1. The zero-order chi connectivity index (χ0) is 22.4. The molecular weight excluding hydrogens is 390 g/mol. The van der Waals surface area contributed by atoms with Crippen LogP contribution in [-0.2, 0) is 9.59 Å². The number of hydrogen-bond acceptors (Lipinski definition) is 3. The summed E-state index contributed by atoms with van der Waals surface area (Å²) in [4.78, 5) is 22.7. The monoisotopic (exact) mass is 433 g/mol. The van der Waals surface area contributed by atoms with Gasteiger partial charge in [0.25, 0.3) is 0 Å². The summed E-state index contributed by atoms with van der Waals surface area (Å²) in [6.45, 7) is 7.13. The molecule has 0 aromatic carbocycles. The van der Waals surface area contributed by atoms with Crippen LogP contribution in [0.1, 0.15) is 91.4 Å². The van der Waals surface area contributed by atoms with Crippen molar-refractivity contribution in [2.75, 3.05) is 6.54 Å². The second kappa shape index (κ2) is 8.68. The first-order valence-electron chi connectivity index (χ1n) is 12.8. The van der Waals surface area contributed by atoms with E-state index in [9.17, 15) is 14.7 Å². The maximum atomic E-state index is 12.0. The number of aliphatic hydroxyl groups excluding tert-OH is 1. The zero-order valence-electron chi connectivity index (χ0n) is 19.7. The topological polar surface area (TPSA) is 86.6 Å². The van der Waals surface area contributed by atoms with Gasteiger partial charge in [-0.2, -0.15) is 0 Å². The Hall–Kier alpha value is -1.10. The SMILES string of the molecule is CC(CCC(=O)NCC(=O)O)C1CC[C@H]2C3CC[C@@H]4C[C@H](O)CC[C@]4(C)[C@@H]3CC[C@]12C. The third-order valence-electron chi connectivity index (χ3n) is 10.7. The molecule has 0 spiro atoms. The Balaban J connectivity index is 1.40. The number of nitrogens with one attached hydrogen (secondary N) is 1. The van der Waals surface area contributed by atoms with Gasteiger partial charge in [0.1, 0.15) is 6.54 Å². The first-order valence-corrected chi connectivity index (χ1v) is 12.8. The van der Waals surface area contributed by atoms with Crippen molar-refractivity contribution in [3.63, 3.8) is 0 Å². The van der Waals surface area contributed by atoms with Crippen molar-refractivity contribution in [3.8, 4) is 0 Å². The Morgan fingerprint density at radius 3 is 2.45 bits per heavy atom. The molecule has 31 heavy (non-hydrogen) atoms. The number of rotatable bonds is 6. The summed E-state index contributed by atoms with van der Waals surface area (Å²) in [5, 5.41) is 21.5. The van der Waals surface area contributed by atoms with Crippen LogP contribution >= 0.6 is 0 Å². The highest BCUT2D eigenvalue weighted by Gasteiger charge is 2.60. The Labute approximate surface area is 187 Å². The van der Waals surface area contributed by atoms with Crippen LogP contribution in [0.2, 0.25) is 0 Å². The van der Waals surface area contributed by atoms with E-state index in [1.807, 2.05) is 0 Å². The van der Waals surface area contributed by atoms with Crippen molar-refractivity contribution in [1.82, 2.24) is 5.32 Å². The van der Waals surface area contributed by atoms with Crippen molar-refractivity contribution in [2.24, 2.45) is 46.3 Å². The van der Waals surface area contributed by atoms with E-state index in [4.69, 9.17) is 5.11 Å². The van der Waals surface area contributed by atoms with Gasteiger partial charge in [-0.1, -0.05) is 20.8 Å². The molecule has 5 nitrogen and oxygen atoms in total. The number of carbonyl (C=O) groups excluding carboxylic acids is 1. The van der Waals surface area contributed by atoms with Crippen molar-refractivity contribution >= 4 is 11.9 Å². The Morgan fingerprint density at radius 2 is 1.71 bits per heavy atom. The first kappa shape index (κ1) is 23.1. The maximum Gasteiger partial charge on any atom is 0.322 e. The molecule has 5 heteroatoms. The predicted molar refractivity (Wildman–Crippen MR) is 120 cm³/mol. The van der Waals surface area contributed by atoms with Crippen LogP contribution in [0.3, 0.4) is 0 Å². The van der Waals surface area contributed by atoms with E-state index >= 15 is 0 Å². The van der Waals surface area contributed by atoms with Crippen LogP contribution in [0, 0.1) is 46.3 Å². The highest BCUT2D eigenvalue weighted by atomic mass is 16.4. The maximum absolute atomic E-state index is 12.0. The average Bonchev–Trinajstić information content (AvgIpc) is 3.08. The number of hydrogen-bond donors (Lipinski definition) is 3. The van der Waals surface area contributed by atoms with Gasteiger partial charge in [-0.15, -0.1) is 0 Å². The van der Waals surface area contributed by atoms with Gasteiger partial charge in [0.05, 0.1) is 6.10 Å². The van der Waals surface area contributed by atoms with Gasteiger partial charge in [0.15, 0.2) is 0 Å². The lowest BCUT2D eigenvalue weighted by Crippen LogP contribution is -2.54. The second-order valence-electron chi connectivity index (χ2n) is 12.0. The summed E-state index contributed by atoms with van der Waals surface area (Å²) in [5.74, 6) is 3.23. The van der Waals surface area contributed by atoms with E-state index in [0.717, 1.165) is 37.0 Å². The molecule has 4 rings (SSSR count). The van der Waals surface area contributed by atoms with Gasteiger partial charge in [0.2, 0.25) is 5.91 Å². The van der Waals surface area contributed by atoms with E-state index in [1.54, 1.807) is 0 Å². The summed E-state index contributed by atoms with van der Waals surface area (Å²) >= 11 is 0. The summed E-state index contributed by atoms with van der Waals surface area (Å²) < 4.78 is 0. The molecule has 0 aromatic rings. The predicted octanol–water partition coefficient (Wildman–Crippen LogP) is 4.62. The first-order chi connectivity index (χ1) is 14.6. The van der Waals surface area contributed by atoms with Crippen molar-refractivity contribution < 1.29 is 19.8 Å². The van der Waals surface area contributed by atoms with E-state index in [-0.39, 0.29) is 18.6 Å². The molecule has 176 valence electrons. The molecule has 4 aliphatic carbocycles. The molecule has 0 saturated heterocycles. The van der Waals surface area contributed by atoms with Crippen LogP contribution in [0.4, 0.5) is 0 Å².